The minimum atomic E-state index is 0.447. The molecule has 0 spiro atoms. The van der Waals surface area contributed by atoms with Crippen LogP contribution in [0.5, 0.6) is 0 Å². The summed E-state index contributed by atoms with van der Waals surface area (Å²) >= 11 is 0. The summed E-state index contributed by atoms with van der Waals surface area (Å²) in [6.07, 6.45) is 4.33. The normalized spacial score (nSPS) is 12.0. The van der Waals surface area contributed by atoms with Crippen LogP contribution in [0, 0.1) is 5.41 Å². The highest BCUT2D eigenvalue weighted by atomic mass is 15.3. The standard InChI is InChI=1S/C24H25N3/c1-16(2)19-8-5-9-20(15-19)26(3)24(25)27(4)22-14-13-18-12-11-17-7-6-10-21(22)23(17)18/h5-16,25H,1-4H3. The highest BCUT2D eigenvalue weighted by Crippen LogP contribution is 2.36. The van der Waals surface area contributed by atoms with Crippen LogP contribution in [0.1, 0.15) is 36.5 Å². The van der Waals surface area contributed by atoms with Crippen molar-refractivity contribution in [1.29, 1.82) is 5.41 Å². The monoisotopic (exact) mass is 355 g/mol. The van der Waals surface area contributed by atoms with Crippen molar-refractivity contribution in [2.24, 2.45) is 0 Å². The molecule has 3 heteroatoms. The molecular weight excluding hydrogens is 330 g/mol. The van der Waals surface area contributed by atoms with Crippen molar-refractivity contribution in [1.82, 2.24) is 0 Å². The molecule has 0 amide bonds. The first-order valence-electron chi connectivity index (χ1n) is 9.37. The lowest BCUT2D eigenvalue weighted by molar-refractivity contribution is 0.866. The number of hydrogen-bond donors (Lipinski definition) is 1. The third-order valence-corrected chi connectivity index (χ3v) is 5.45. The van der Waals surface area contributed by atoms with Gasteiger partial charge in [0.2, 0.25) is 5.96 Å². The molecule has 3 nitrogen and oxygen atoms in total. The van der Waals surface area contributed by atoms with Crippen molar-refractivity contribution in [3.8, 4) is 0 Å². The Labute approximate surface area is 161 Å². The van der Waals surface area contributed by atoms with Gasteiger partial charge in [-0.15, -0.1) is 0 Å². The summed E-state index contributed by atoms with van der Waals surface area (Å²) in [6.45, 7) is 4.38. The summed E-state index contributed by atoms with van der Waals surface area (Å²) in [5.41, 5.74) is 5.87. The number of hydrogen-bond acceptors (Lipinski definition) is 1. The van der Waals surface area contributed by atoms with Gasteiger partial charge in [0, 0.05) is 25.2 Å². The Morgan fingerprint density at radius 1 is 0.852 bits per heavy atom. The molecule has 27 heavy (non-hydrogen) atoms. The average Bonchev–Trinajstić information content (AvgIpc) is 3.12. The molecule has 0 atom stereocenters. The number of nitrogens with zero attached hydrogens (tertiary/aromatic N) is 2. The summed E-state index contributed by atoms with van der Waals surface area (Å²) in [5, 5.41) is 11.3. The Balaban J connectivity index is 1.69. The molecule has 0 aliphatic heterocycles. The zero-order valence-electron chi connectivity index (χ0n) is 16.3. The van der Waals surface area contributed by atoms with Gasteiger partial charge in [0.25, 0.3) is 0 Å². The lowest BCUT2D eigenvalue weighted by Crippen LogP contribution is -2.39. The van der Waals surface area contributed by atoms with Crippen LogP contribution in [-0.2, 0) is 0 Å². The molecule has 3 aromatic carbocycles. The summed E-state index contributed by atoms with van der Waals surface area (Å²) in [6, 6.07) is 19.1. The van der Waals surface area contributed by atoms with E-state index in [1.807, 2.05) is 23.9 Å². The third-order valence-electron chi connectivity index (χ3n) is 5.45. The van der Waals surface area contributed by atoms with Gasteiger partial charge < -0.3 is 9.80 Å². The Bertz CT molecular complexity index is 1050. The van der Waals surface area contributed by atoms with E-state index in [0.717, 1.165) is 11.4 Å². The molecule has 136 valence electrons. The second-order valence-electron chi connectivity index (χ2n) is 7.47. The van der Waals surface area contributed by atoms with E-state index in [-0.39, 0.29) is 0 Å². The number of rotatable bonds is 3. The highest BCUT2D eigenvalue weighted by Gasteiger charge is 2.19. The molecule has 0 bridgehead atoms. The van der Waals surface area contributed by atoms with E-state index in [2.05, 4.69) is 80.6 Å². The minimum absolute atomic E-state index is 0.447. The van der Waals surface area contributed by atoms with Gasteiger partial charge >= 0.3 is 0 Å². The summed E-state index contributed by atoms with van der Waals surface area (Å²) in [4.78, 5) is 3.90. The van der Waals surface area contributed by atoms with Crippen LogP contribution in [0.25, 0.3) is 22.9 Å². The fraction of sp³-hybridized carbons (Fsp3) is 0.208. The molecular formula is C24H25N3. The molecule has 0 radical (unpaired) electrons. The van der Waals surface area contributed by atoms with Gasteiger partial charge in [0.05, 0.1) is 5.69 Å². The van der Waals surface area contributed by atoms with Gasteiger partial charge in [-0.2, -0.15) is 0 Å². The first kappa shape index (κ1) is 17.3. The first-order valence-corrected chi connectivity index (χ1v) is 9.37. The Morgan fingerprint density at radius 3 is 2.30 bits per heavy atom. The molecule has 0 saturated heterocycles. The topological polar surface area (TPSA) is 30.3 Å². The maximum atomic E-state index is 8.79. The Morgan fingerprint density at radius 2 is 1.56 bits per heavy atom. The zero-order valence-corrected chi connectivity index (χ0v) is 16.3. The van der Waals surface area contributed by atoms with E-state index in [9.17, 15) is 0 Å². The highest BCUT2D eigenvalue weighted by molar-refractivity contribution is 6.14. The van der Waals surface area contributed by atoms with Gasteiger partial charge in [-0.05, 0) is 46.2 Å². The predicted octanol–water partition coefficient (Wildman–Crippen LogP) is 5.95. The summed E-state index contributed by atoms with van der Waals surface area (Å²) in [5.74, 6) is 0.914. The largest absolute Gasteiger partial charge is 0.316 e. The molecule has 0 aromatic heterocycles. The lowest BCUT2D eigenvalue weighted by Gasteiger charge is -2.29. The van der Waals surface area contributed by atoms with Gasteiger partial charge in [-0.25, -0.2) is 0 Å². The second kappa shape index (κ2) is 6.58. The molecule has 1 aliphatic carbocycles. The molecule has 0 unspecified atom stereocenters. The van der Waals surface area contributed by atoms with E-state index in [1.54, 1.807) is 0 Å². The zero-order chi connectivity index (χ0) is 19.1. The predicted molar refractivity (Wildman–Crippen MR) is 118 cm³/mol. The van der Waals surface area contributed by atoms with Crippen molar-refractivity contribution in [3.63, 3.8) is 0 Å². The molecule has 0 heterocycles. The second-order valence-corrected chi connectivity index (χ2v) is 7.47. The van der Waals surface area contributed by atoms with Gasteiger partial charge in [0.1, 0.15) is 0 Å². The maximum absolute atomic E-state index is 8.79. The Hall–Kier alpha value is -3.07. The fourth-order valence-electron chi connectivity index (χ4n) is 3.75. The SMILES string of the molecule is CC(C)c1cccc(N(C)C(=N)N(C)c2ccc3c4c(cccc24)C=C3)c1. The Kier molecular flexibility index (Phi) is 4.23. The number of nitrogens with one attached hydrogen (secondary N) is 1. The van der Waals surface area contributed by atoms with Crippen LogP contribution in [-0.4, -0.2) is 20.1 Å². The van der Waals surface area contributed by atoms with Crippen molar-refractivity contribution in [3.05, 3.63) is 71.3 Å². The van der Waals surface area contributed by atoms with Gasteiger partial charge in [-0.1, -0.05) is 62.4 Å². The van der Waals surface area contributed by atoms with Crippen molar-refractivity contribution in [2.45, 2.75) is 19.8 Å². The van der Waals surface area contributed by atoms with E-state index < -0.39 is 0 Å². The molecule has 4 rings (SSSR count). The summed E-state index contributed by atoms with van der Waals surface area (Å²) in [7, 11) is 3.93. The van der Waals surface area contributed by atoms with Crippen LogP contribution in [0.2, 0.25) is 0 Å². The summed E-state index contributed by atoms with van der Waals surface area (Å²) < 4.78 is 0. The molecule has 0 fully saturated rings. The van der Waals surface area contributed by atoms with Crippen molar-refractivity contribution in [2.75, 3.05) is 23.9 Å². The number of anilines is 2. The van der Waals surface area contributed by atoms with Gasteiger partial charge in [0.15, 0.2) is 0 Å². The lowest BCUT2D eigenvalue weighted by atomic mass is 10.0. The average molecular weight is 355 g/mol. The van der Waals surface area contributed by atoms with Crippen molar-refractivity contribution >= 4 is 40.3 Å². The van der Waals surface area contributed by atoms with Crippen LogP contribution in [0.3, 0.4) is 0 Å². The van der Waals surface area contributed by atoms with E-state index in [1.165, 1.54) is 27.5 Å². The maximum Gasteiger partial charge on any atom is 0.202 e. The minimum Gasteiger partial charge on any atom is -0.316 e. The molecule has 0 saturated carbocycles. The smallest absolute Gasteiger partial charge is 0.202 e. The van der Waals surface area contributed by atoms with Crippen LogP contribution < -0.4 is 9.80 Å². The number of guanidine groups is 1. The van der Waals surface area contributed by atoms with Crippen molar-refractivity contribution < 1.29 is 0 Å². The van der Waals surface area contributed by atoms with E-state index >= 15 is 0 Å². The quantitative estimate of drug-likeness (QED) is 0.363. The molecule has 1 aliphatic rings. The van der Waals surface area contributed by atoms with E-state index in [0.29, 0.717) is 11.9 Å². The van der Waals surface area contributed by atoms with Crippen LogP contribution >= 0.6 is 0 Å². The number of benzene rings is 3. The molecule has 1 N–H and O–H groups in total. The van der Waals surface area contributed by atoms with E-state index in [4.69, 9.17) is 5.41 Å². The molecule has 3 aromatic rings. The third kappa shape index (κ3) is 2.89. The van der Waals surface area contributed by atoms with Crippen LogP contribution in [0.15, 0.2) is 54.6 Å². The van der Waals surface area contributed by atoms with Gasteiger partial charge in [-0.3, -0.25) is 5.41 Å². The first-order chi connectivity index (χ1) is 13.0. The van der Waals surface area contributed by atoms with Crippen LogP contribution in [0.4, 0.5) is 11.4 Å². The fourth-order valence-corrected chi connectivity index (χ4v) is 3.75.